The quantitative estimate of drug-likeness (QED) is 0.911. The van der Waals surface area contributed by atoms with E-state index in [0.717, 1.165) is 30.5 Å². The van der Waals surface area contributed by atoms with Crippen LogP contribution in [0.25, 0.3) is 0 Å². The molecule has 20 heavy (non-hydrogen) atoms. The Morgan fingerprint density at radius 2 is 1.95 bits per heavy atom. The van der Waals surface area contributed by atoms with E-state index in [4.69, 9.17) is 4.74 Å². The fourth-order valence-electron chi connectivity index (χ4n) is 2.52. The first kappa shape index (κ1) is 13.1. The molecule has 4 heteroatoms. The fraction of sp³-hybridized carbons (Fsp3) is 0.250. The van der Waals surface area contributed by atoms with Crippen LogP contribution in [0.1, 0.15) is 29.2 Å². The van der Waals surface area contributed by atoms with Crippen molar-refractivity contribution in [3.8, 4) is 5.75 Å². The lowest BCUT2D eigenvalue weighted by molar-refractivity contribution is 0.202. The van der Waals surface area contributed by atoms with E-state index in [9.17, 15) is 13.9 Å². The van der Waals surface area contributed by atoms with Gasteiger partial charge in [0.15, 0.2) is 0 Å². The normalized spacial score (nSPS) is 15.3. The van der Waals surface area contributed by atoms with Gasteiger partial charge in [-0.15, -0.1) is 0 Å². The molecule has 0 saturated carbocycles. The third-order valence-electron chi connectivity index (χ3n) is 3.52. The van der Waals surface area contributed by atoms with E-state index in [0.29, 0.717) is 17.9 Å². The van der Waals surface area contributed by atoms with Crippen LogP contribution in [0.15, 0.2) is 36.4 Å². The van der Waals surface area contributed by atoms with E-state index in [1.54, 1.807) is 6.07 Å². The number of para-hydroxylation sites is 1. The molecular formula is C16H14F2O2. The molecule has 0 aromatic heterocycles. The molecule has 0 amide bonds. The van der Waals surface area contributed by atoms with Gasteiger partial charge in [-0.05, 0) is 24.5 Å². The number of ether oxygens (including phenoxy) is 1. The molecule has 0 aliphatic carbocycles. The molecule has 1 aliphatic rings. The molecule has 2 nitrogen and oxygen atoms in total. The fourth-order valence-corrected chi connectivity index (χ4v) is 2.52. The average molecular weight is 276 g/mol. The van der Waals surface area contributed by atoms with Crippen molar-refractivity contribution < 1.29 is 18.6 Å². The summed E-state index contributed by atoms with van der Waals surface area (Å²) < 4.78 is 32.3. The number of aliphatic hydroxyl groups excluding tert-OH is 1. The zero-order valence-electron chi connectivity index (χ0n) is 10.8. The Morgan fingerprint density at radius 1 is 1.10 bits per heavy atom. The topological polar surface area (TPSA) is 29.5 Å². The largest absolute Gasteiger partial charge is 0.493 e. The number of fused-ring (bicyclic) bond motifs is 1. The van der Waals surface area contributed by atoms with Crippen LogP contribution in [-0.4, -0.2) is 11.7 Å². The van der Waals surface area contributed by atoms with Crippen LogP contribution in [0.2, 0.25) is 0 Å². The number of benzene rings is 2. The molecule has 1 N–H and O–H groups in total. The lowest BCUT2D eigenvalue weighted by atomic mass is 9.95. The number of halogens is 2. The first-order valence-electron chi connectivity index (χ1n) is 6.54. The summed E-state index contributed by atoms with van der Waals surface area (Å²) >= 11 is 0. The Hall–Kier alpha value is -1.94. The molecule has 1 unspecified atom stereocenters. The van der Waals surface area contributed by atoms with E-state index in [1.807, 2.05) is 12.1 Å². The van der Waals surface area contributed by atoms with Crippen molar-refractivity contribution in [1.29, 1.82) is 0 Å². The number of aliphatic hydroxyl groups is 1. The van der Waals surface area contributed by atoms with Crippen LogP contribution in [0, 0.1) is 11.6 Å². The second-order valence-electron chi connectivity index (χ2n) is 4.86. The SMILES string of the molecule is OC(c1ccc(F)cc1F)c1cccc2c1OCCC2. The van der Waals surface area contributed by atoms with E-state index in [-0.39, 0.29) is 5.56 Å². The molecular weight excluding hydrogens is 262 g/mol. The minimum atomic E-state index is -1.16. The van der Waals surface area contributed by atoms with Gasteiger partial charge in [0.2, 0.25) is 0 Å². The monoisotopic (exact) mass is 276 g/mol. The smallest absolute Gasteiger partial charge is 0.132 e. The van der Waals surface area contributed by atoms with Crippen molar-refractivity contribution in [3.63, 3.8) is 0 Å². The Labute approximate surface area is 115 Å². The molecule has 0 saturated heterocycles. The van der Waals surface area contributed by atoms with Crippen LogP contribution in [0.5, 0.6) is 5.75 Å². The highest BCUT2D eigenvalue weighted by Crippen LogP contribution is 2.36. The Kier molecular flexibility index (Phi) is 3.40. The lowest BCUT2D eigenvalue weighted by Gasteiger charge is -2.23. The number of hydrogen-bond acceptors (Lipinski definition) is 2. The summed E-state index contributed by atoms with van der Waals surface area (Å²) in [5.74, 6) is -0.800. The summed E-state index contributed by atoms with van der Waals surface area (Å²) in [5.41, 5.74) is 1.58. The molecule has 104 valence electrons. The van der Waals surface area contributed by atoms with Crippen LogP contribution in [0.3, 0.4) is 0 Å². The highest BCUT2D eigenvalue weighted by molar-refractivity contribution is 5.47. The van der Waals surface area contributed by atoms with Crippen LogP contribution in [0.4, 0.5) is 8.78 Å². The molecule has 0 spiro atoms. The van der Waals surface area contributed by atoms with Crippen molar-refractivity contribution in [2.24, 2.45) is 0 Å². The predicted molar refractivity (Wildman–Crippen MR) is 70.7 cm³/mol. The first-order chi connectivity index (χ1) is 9.66. The maximum atomic E-state index is 13.8. The van der Waals surface area contributed by atoms with Crippen molar-refractivity contribution in [3.05, 3.63) is 64.7 Å². The van der Waals surface area contributed by atoms with Gasteiger partial charge in [-0.1, -0.05) is 24.3 Å². The molecule has 1 aliphatic heterocycles. The van der Waals surface area contributed by atoms with E-state index in [2.05, 4.69) is 0 Å². The minimum absolute atomic E-state index is 0.0500. The minimum Gasteiger partial charge on any atom is -0.493 e. The zero-order valence-corrected chi connectivity index (χ0v) is 10.8. The molecule has 1 atom stereocenters. The molecule has 2 aromatic rings. The highest BCUT2D eigenvalue weighted by atomic mass is 19.1. The molecule has 1 heterocycles. The summed E-state index contributed by atoms with van der Waals surface area (Å²) in [6, 6.07) is 8.63. The third-order valence-corrected chi connectivity index (χ3v) is 3.52. The third kappa shape index (κ3) is 2.27. The maximum absolute atomic E-state index is 13.8. The van der Waals surface area contributed by atoms with Gasteiger partial charge in [-0.2, -0.15) is 0 Å². The second-order valence-corrected chi connectivity index (χ2v) is 4.86. The molecule has 0 bridgehead atoms. The van der Waals surface area contributed by atoms with Gasteiger partial charge in [0.25, 0.3) is 0 Å². The summed E-state index contributed by atoms with van der Waals surface area (Å²) in [4.78, 5) is 0. The summed E-state index contributed by atoms with van der Waals surface area (Å²) in [6.45, 7) is 0.586. The second kappa shape index (κ2) is 5.21. The van der Waals surface area contributed by atoms with Crippen LogP contribution < -0.4 is 4.74 Å². The van der Waals surface area contributed by atoms with Gasteiger partial charge in [-0.3, -0.25) is 0 Å². The van der Waals surface area contributed by atoms with Crippen molar-refractivity contribution in [2.75, 3.05) is 6.61 Å². The van der Waals surface area contributed by atoms with Crippen LogP contribution in [-0.2, 0) is 6.42 Å². The lowest BCUT2D eigenvalue weighted by Crippen LogP contribution is -2.13. The summed E-state index contributed by atoms with van der Waals surface area (Å²) in [7, 11) is 0. The highest BCUT2D eigenvalue weighted by Gasteiger charge is 2.22. The maximum Gasteiger partial charge on any atom is 0.132 e. The average Bonchev–Trinajstić information content (AvgIpc) is 2.46. The van der Waals surface area contributed by atoms with Gasteiger partial charge >= 0.3 is 0 Å². The van der Waals surface area contributed by atoms with Crippen molar-refractivity contribution >= 4 is 0 Å². The van der Waals surface area contributed by atoms with Gasteiger partial charge in [0, 0.05) is 17.2 Å². The summed E-state index contributed by atoms with van der Waals surface area (Å²) in [6.07, 6.45) is 0.642. The van der Waals surface area contributed by atoms with Crippen molar-refractivity contribution in [1.82, 2.24) is 0 Å². The van der Waals surface area contributed by atoms with E-state index < -0.39 is 17.7 Å². The molecule has 2 aromatic carbocycles. The van der Waals surface area contributed by atoms with E-state index in [1.165, 1.54) is 6.07 Å². The number of hydrogen-bond donors (Lipinski definition) is 1. The van der Waals surface area contributed by atoms with Gasteiger partial charge < -0.3 is 9.84 Å². The molecule has 0 fully saturated rings. The zero-order chi connectivity index (χ0) is 14.1. The molecule has 3 rings (SSSR count). The Morgan fingerprint density at radius 3 is 2.75 bits per heavy atom. The Bertz CT molecular complexity index is 640. The van der Waals surface area contributed by atoms with Gasteiger partial charge in [0.1, 0.15) is 23.5 Å². The van der Waals surface area contributed by atoms with Crippen LogP contribution >= 0.6 is 0 Å². The van der Waals surface area contributed by atoms with Gasteiger partial charge in [0.05, 0.1) is 6.61 Å². The molecule has 0 radical (unpaired) electrons. The predicted octanol–water partition coefficient (Wildman–Crippen LogP) is 3.37. The van der Waals surface area contributed by atoms with Crippen molar-refractivity contribution in [2.45, 2.75) is 18.9 Å². The first-order valence-corrected chi connectivity index (χ1v) is 6.54. The van der Waals surface area contributed by atoms with Gasteiger partial charge in [-0.25, -0.2) is 8.78 Å². The standard InChI is InChI=1S/C16H14F2O2/c17-11-6-7-12(14(18)9-11)15(19)13-5-1-3-10-4-2-8-20-16(10)13/h1,3,5-7,9,15,19H,2,4,8H2. The summed E-state index contributed by atoms with van der Waals surface area (Å²) in [5, 5.41) is 10.4. The number of rotatable bonds is 2. The number of aryl methyl sites for hydroxylation is 1. The Balaban J connectivity index is 2.04. The van der Waals surface area contributed by atoms with E-state index >= 15 is 0 Å².